The fourth-order valence-corrected chi connectivity index (χ4v) is 3.14. The Hall–Kier alpha value is -0.570. The third-order valence-corrected chi connectivity index (χ3v) is 4.07. The molecule has 2 aliphatic rings. The summed E-state index contributed by atoms with van der Waals surface area (Å²) in [5.74, 6) is 1.97. The van der Waals surface area contributed by atoms with Crippen LogP contribution in [0.1, 0.15) is 46.5 Å². The summed E-state index contributed by atoms with van der Waals surface area (Å²) in [6, 6.07) is 0. The van der Waals surface area contributed by atoms with E-state index in [9.17, 15) is 4.79 Å². The van der Waals surface area contributed by atoms with Crippen LogP contribution in [0.15, 0.2) is 0 Å². The number of carbonyl (C=O) groups excluding carboxylic acids is 1. The Morgan fingerprint density at radius 2 is 1.82 bits per heavy atom. The van der Waals surface area contributed by atoms with Gasteiger partial charge in [0.1, 0.15) is 0 Å². The van der Waals surface area contributed by atoms with E-state index in [-0.39, 0.29) is 5.54 Å². The minimum atomic E-state index is 0.113. The van der Waals surface area contributed by atoms with E-state index in [1.807, 2.05) is 0 Å². The quantitative estimate of drug-likeness (QED) is 0.816. The van der Waals surface area contributed by atoms with Crippen LogP contribution in [0.5, 0.6) is 0 Å². The fraction of sp³-hybridized carbons (Fsp3) is 0.929. The highest BCUT2D eigenvalue weighted by atomic mass is 16.2. The van der Waals surface area contributed by atoms with Crippen LogP contribution in [0.3, 0.4) is 0 Å². The molecule has 0 spiro atoms. The zero-order chi connectivity index (χ0) is 12.5. The van der Waals surface area contributed by atoms with E-state index >= 15 is 0 Å². The molecule has 0 bridgehead atoms. The van der Waals surface area contributed by atoms with E-state index < -0.39 is 0 Å². The summed E-state index contributed by atoms with van der Waals surface area (Å²) < 4.78 is 0. The molecule has 1 aliphatic carbocycles. The van der Waals surface area contributed by atoms with Gasteiger partial charge in [-0.25, -0.2) is 0 Å². The predicted molar refractivity (Wildman–Crippen MR) is 69.8 cm³/mol. The van der Waals surface area contributed by atoms with Crippen LogP contribution in [0.25, 0.3) is 0 Å². The normalized spacial score (nSPS) is 28.5. The molecule has 2 rings (SSSR count). The Balaban J connectivity index is 1.71. The summed E-state index contributed by atoms with van der Waals surface area (Å²) in [5, 5.41) is 3.38. The van der Waals surface area contributed by atoms with Crippen LogP contribution in [0.2, 0.25) is 0 Å². The summed E-state index contributed by atoms with van der Waals surface area (Å²) in [6.07, 6.45) is 4.71. The predicted octanol–water partition coefficient (Wildman–Crippen LogP) is 2.02. The second kappa shape index (κ2) is 4.97. The van der Waals surface area contributed by atoms with Gasteiger partial charge < -0.3 is 10.2 Å². The topological polar surface area (TPSA) is 32.3 Å². The van der Waals surface area contributed by atoms with Crippen molar-refractivity contribution in [3.63, 3.8) is 0 Å². The molecular formula is C14H26N2O. The van der Waals surface area contributed by atoms with E-state index in [1.165, 1.54) is 19.3 Å². The summed E-state index contributed by atoms with van der Waals surface area (Å²) in [4.78, 5) is 14.1. The van der Waals surface area contributed by atoms with Crippen LogP contribution in [0, 0.1) is 11.8 Å². The summed E-state index contributed by atoms with van der Waals surface area (Å²) in [5.41, 5.74) is 0.113. The van der Waals surface area contributed by atoms with Gasteiger partial charge in [-0.3, -0.25) is 4.79 Å². The van der Waals surface area contributed by atoms with Crippen molar-refractivity contribution in [2.45, 2.75) is 52.0 Å². The zero-order valence-electron chi connectivity index (χ0n) is 11.5. The monoisotopic (exact) mass is 238 g/mol. The maximum Gasteiger partial charge on any atom is 0.223 e. The van der Waals surface area contributed by atoms with Gasteiger partial charge in [-0.05, 0) is 45.4 Å². The van der Waals surface area contributed by atoms with E-state index in [1.54, 1.807) is 0 Å². The first-order chi connectivity index (χ1) is 7.96. The number of carbonyl (C=O) groups is 1. The largest absolute Gasteiger partial charge is 0.342 e. The number of fused-ring (bicyclic) bond motifs is 1. The van der Waals surface area contributed by atoms with Crippen molar-refractivity contribution in [1.82, 2.24) is 10.2 Å². The van der Waals surface area contributed by atoms with Gasteiger partial charge in [0.15, 0.2) is 0 Å². The molecule has 1 amide bonds. The highest BCUT2D eigenvalue weighted by Gasteiger charge is 2.37. The first-order valence-electron chi connectivity index (χ1n) is 6.98. The van der Waals surface area contributed by atoms with Gasteiger partial charge in [-0.15, -0.1) is 0 Å². The molecule has 1 saturated heterocycles. The molecule has 1 aliphatic heterocycles. The first-order valence-corrected chi connectivity index (χ1v) is 6.98. The fourth-order valence-electron chi connectivity index (χ4n) is 3.14. The van der Waals surface area contributed by atoms with Crippen LogP contribution < -0.4 is 5.32 Å². The molecule has 2 atom stereocenters. The van der Waals surface area contributed by atoms with Crippen molar-refractivity contribution in [1.29, 1.82) is 0 Å². The smallest absolute Gasteiger partial charge is 0.223 e. The SMILES string of the molecule is CC(C)(C)NCCC(=O)N1CC2CCCC2C1. The molecule has 1 N–H and O–H groups in total. The average molecular weight is 238 g/mol. The van der Waals surface area contributed by atoms with Crippen LogP contribution in [0.4, 0.5) is 0 Å². The highest BCUT2D eigenvalue weighted by Crippen LogP contribution is 2.37. The Kier molecular flexibility index (Phi) is 3.76. The van der Waals surface area contributed by atoms with Gasteiger partial charge in [-0.2, -0.15) is 0 Å². The summed E-state index contributed by atoms with van der Waals surface area (Å²) in [6.45, 7) is 9.26. The van der Waals surface area contributed by atoms with Crippen LogP contribution >= 0.6 is 0 Å². The Labute approximate surface area is 105 Å². The molecular weight excluding hydrogens is 212 g/mol. The van der Waals surface area contributed by atoms with Gasteiger partial charge >= 0.3 is 0 Å². The standard InChI is InChI=1S/C14H26N2O/c1-14(2,3)15-8-7-13(17)16-9-11-5-4-6-12(11)10-16/h11-12,15H,4-10H2,1-3H3. The summed E-state index contributed by atoms with van der Waals surface area (Å²) >= 11 is 0. The van der Waals surface area contributed by atoms with E-state index in [0.29, 0.717) is 12.3 Å². The average Bonchev–Trinajstić information content (AvgIpc) is 2.73. The molecule has 2 unspecified atom stereocenters. The molecule has 1 saturated carbocycles. The van der Waals surface area contributed by atoms with Crippen molar-refractivity contribution in [2.75, 3.05) is 19.6 Å². The van der Waals surface area contributed by atoms with Gasteiger partial charge in [0, 0.05) is 31.6 Å². The number of likely N-dealkylation sites (tertiary alicyclic amines) is 1. The van der Waals surface area contributed by atoms with E-state index in [2.05, 4.69) is 31.0 Å². The maximum absolute atomic E-state index is 12.0. The molecule has 0 radical (unpaired) electrons. The van der Waals surface area contributed by atoms with Gasteiger partial charge in [-0.1, -0.05) is 6.42 Å². The third-order valence-electron chi connectivity index (χ3n) is 4.07. The second-order valence-electron chi connectivity index (χ2n) is 6.68. The number of nitrogens with one attached hydrogen (secondary N) is 1. The molecule has 0 aromatic heterocycles. The van der Waals surface area contributed by atoms with Crippen molar-refractivity contribution in [2.24, 2.45) is 11.8 Å². The molecule has 1 heterocycles. The number of hydrogen-bond acceptors (Lipinski definition) is 2. The molecule has 0 aromatic rings. The van der Waals surface area contributed by atoms with Gasteiger partial charge in [0.25, 0.3) is 0 Å². The molecule has 0 aromatic carbocycles. The lowest BCUT2D eigenvalue weighted by Crippen LogP contribution is -2.39. The van der Waals surface area contributed by atoms with Crippen molar-refractivity contribution in [3.8, 4) is 0 Å². The lowest BCUT2D eigenvalue weighted by Gasteiger charge is -2.22. The minimum Gasteiger partial charge on any atom is -0.342 e. The zero-order valence-corrected chi connectivity index (χ0v) is 11.5. The minimum absolute atomic E-state index is 0.113. The first kappa shape index (κ1) is 12.9. The Morgan fingerprint density at radius 3 is 2.35 bits per heavy atom. The second-order valence-corrected chi connectivity index (χ2v) is 6.68. The van der Waals surface area contributed by atoms with Gasteiger partial charge in [0.2, 0.25) is 5.91 Å². The molecule has 2 fully saturated rings. The number of nitrogens with zero attached hydrogens (tertiary/aromatic N) is 1. The van der Waals surface area contributed by atoms with E-state index in [0.717, 1.165) is 31.5 Å². The Morgan fingerprint density at radius 1 is 1.24 bits per heavy atom. The summed E-state index contributed by atoms with van der Waals surface area (Å²) in [7, 11) is 0. The van der Waals surface area contributed by atoms with Crippen LogP contribution in [-0.2, 0) is 4.79 Å². The molecule has 98 valence electrons. The number of hydrogen-bond donors (Lipinski definition) is 1. The molecule has 3 heteroatoms. The lowest BCUT2D eigenvalue weighted by molar-refractivity contribution is -0.130. The van der Waals surface area contributed by atoms with Crippen molar-refractivity contribution < 1.29 is 4.79 Å². The maximum atomic E-state index is 12.0. The van der Waals surface area contributed by atoms with Gasteiger partial charge in [0.05, 0.1) is 0 Å². The van der Waals surface area contributed by atoms with Crippen molar-refractivity contribution >= 4 is 5.91 Å². The number of amides is 1. The Bertz CT molecular complexity index is 270. The lowest BCUT2D eigenvalue weighted by atomic mass is 10.0. The van der Waals surface area contributed by atoms with Crippen molar-refractivity contribution in [3.05, 3.63) is 0 Å². The molecule has 17 heavy (non-hydrogen) atoms. The highest BCUT2D eigenvalue weighted by molar-refractivity contribution is 5.76. The third kappa shape index (κ3) is 3.44. The van der Waals surface area contributed by atoms with Crippen LogP contribution in [-0.4, -0.2) is 36.0 Å². The van der Waals surface area contributed by atoms with E-state index in [4.69, 9.17) is 0 Å². The number of rotatable bonds is 3. The molecule has 3 nitrogen and oxygen atoms in total.